The topological polar surface area (TPSA) is 90.6 Å². The molecule has 0 saturated carbocycles. The highest BCUT2D eigenvalue weighted by Gasteiger charge is 2.43. The number of ether oxygens (including phenoxy) is 2. The molecular formula is C21H20F2N4O4S. The summed E-state index contributed by atoms with van der Waals surface area (Å²) in [6, 6.07) is 6.08. The summed E-state index contributed by atoms with van der Waals surface area (Å²) in [5.41, 5.74) is 1.53. The average molecular weight is 462 g/mol. The first kappa shape index (κ1) is 20.8. The molecule has 1 N–H and O–H groups in total. The number of halogens is 2. The predicted molar refractivity (Wildman–Crippen MR) is 113 cm³/mol. The van der Waals surface area contributed by atoms with Crippen molar-refractivity contribution in [3.05, 3.63) is 47.4 Å². The number of fused-ring (bicyclic) bond motifs is 2. The number of carbonyl (C=O) groups is 1. The smallest absolute Gasteiger partial charge is 0.586 e. The highest BCUT2D eigenvalue weighted by atomic mass is 32.1. The van der Waals surface area contributed by atoms with Gasteiger partial charge < -0.3 is 20.0 Å². The van der Waals surface area contributed by atoms with Gasteiger partial charge in [0, 0.05) is 30.8 Å². The van der Waals surface area contributed by atoms with Crippen LogP contribution in [0.25, 0.3) is 10.2 Å². The van der Waals surface area contributed by atoms with E-state index in [1.165, 1.54) is 35.9 Å². The number of hydrogen-bond donors (Lipinski definition) is 1. The van der Waals surface area contributed by atoms with Gasteiger partial charge in [0.25, 0.3) is 0 Å². The molecule has 5 rings (SSSR count). The van der Waals surface area contributed by atoms with Crippen molar-refractivity contribution in [2.75, 3.05) is 18.4 Å². The zero-order valence-electron chi connectivity index (χ0n) is 17.1. The molecule has 0 radical (unpaired) electrons. The molecule has 11 heteroatoms. The molecule has 1 fully saturated rings. The molecule has 1 unspecified atom stereocenters. The van der Waals surface area contributed by atoms with Crippen molar-refractivity contribution in [1.82, 2.24) is 9.88 Å². The number of amides is 1. The van der Waals surface area contributed by atoms with Crippen molar-refractivity contribution in [3.8, 4) is 11.5 Å². The summed E-state index contributed by atoms with van der Waals surface area (Å²) < 4.78 is 36.8. The second-order valence-corrected chi connectivity index (χ2v) is 8.97. The molecule has 4 heterocycles. The van der Waals surface area contributed by atoms with Crippen LogP contribution in [0.15, 0.2) is 36.7 Å². The van der Waals surface area contributed by atoms with Gasteiger partial charge in [-0.05, 0) is 37.8 Å². The summed E-state index contributed by atoms with van der Waals surface area (Å²) in [6.07, 6.45) is 1.25. The molecule has 2 aliphatic rings. The molecule has 8 nitrogen and oxygen atoms in total. The molecule has 2 aliphatic heterocycles. The van der Waals surface area contributed by atoms with E-state index in [1.807, 2.05) is 19.1 Å². The van der Waals surface area contributed by atoms with E-state index in [1.54, 1.807) is 0 Å². The van der Waals surface area contributed by atoms with Gasteiger partial charge in [-0.1, -0.05) is 11.3 Å². The highest BCUT2D eigenvalue weighted by molar-refractivity contribution is 7.22. The predicted octanol–water partition coefficient (Wildman–Crippen LogP) is 3.46. The molecule has 3 aromatic rings. The lowest BCUT2D eigenvalue weighted by Gasteiger charge is -2.36. The second-order valence-electron chi connectivity index (χ2n) is 7.94. The Labute approximate surface area is 186 Å². The number of rotatable bonds is 4. The van der Waals surface area contributed by atoms with E-state index in [0.717, 1.165) is 29.7 Å². The van der Waals surface area contributed by atoms with E-state index in [9.17, 15) is 18.8 Å². The third-order valence-corrected chi connectivity index (χ3v) is 6.75. The molecule has 2 atom stereocenters. The maximum absolute atomic E-state index is 13.2. The number of nitrogens with one attached hydrogen (secondary N) is 1. The van der Waals surface area contributed by atoms with E-state index in [0.29, 0.717) is 21.9 Å². The van der Waals surface area contributed by atoms with Gasteiger partial charge in [0.2, 0.25) is 5.91 Å². The van der Waals surface area contributed by atoms with Crippen molar-refractivity contribution < 1.29 is 27.8 Å². The van der Waals surface area contributed by atoms with Crippen LogP contribution < -0.4 is 19.5 Å². The molecule has 1 aromatic carbocycles. The summed E-state index contributed by atoms with van der Waals surface area (Å²) >= 11 is 1.18. The fourth-order valence-electron chi connectivity index (χ4n) is 4.13. The molecule has 0 bridgehead atoms. The monoisotopic (exact) mass is 462 g/mol. The Hall–Kier alpha value is -3.05. The third-order valence-electron chi connectivity index (χ3n) is 5.82. The number of nitrogens with zero attached hydrogens (tertiary/aromatic N) is 3. The quantitative estimate of drug-likeness (QED) is 0.472. The third kappa shape index (κ3) is 4.05. The van der Waals surface area contributed by atoms with Crippen molar-refractivity contribution in [1.29, 1.82) is 0 Å². The van der Waals surface area contributed by atoms with Gasteiger partial charge in [0.05, 0.1) is 16.3 Å². The largest absolute Gasteiger partial charge is 0.619 e. The van der Waals surface area contributed by atoms with Crippen LogP contribution in [0.2, 0.25) is 0 Å². The fourth-order valence-corrected chi connectivity index (χ4v) is 5.01. The van der Waals surface area contributed by atoms with E-state index in [-0.39, 0.29) is 29.4 Å². The Balaban J connectivity index is 1.26. The summed E-state index contributed by atoms with van der Waals surface area (Å²) in [5.74, 6) is -0.0770. The van der Waals surface area contributed by atoms with Gasteiger partial charge in [0.15, 0.2) is 29.0 Å². The first-order valence-electron chi connectivity index (χ1n) is 10.2. The molecule has 1 saturated heterocycles. The van der Waals surface area contributed by atoms with Crippen LogP contribution in [0, 0.1) is 5.21 Å². The Morgan fingerprint density at radius 1 is 1.34 bits per heavy atom. The van der Waals surface area contributed by atoms with E-state index in [4.69, 9.17) is 0 Å². The molecule has 0 aliphatic carbocycles. The van der Waals surface area contributed by atoms with Gasteiger partial charge in [-0.2, -0.15) is 4.73 Å². The number of anilines is 1. The number of aromatic nitrogens is 2. The van der Waals surface area contributed by atoms with Crippen LogP contribution in [0.4, 0.5) is 13.9 Å². The SMILES string of the molecule is C[C@@H](C(=O)Nc1nc2cc3c(cc2s1)OC(F)(F)O3)N1CCCC(c2cc[n+]([O-])cc2)C1. The highest BCUT2D eigenvalue weighted by Crippen LogP contribution is 2.44. The van der Waals surface area contributed by atoms with Crippen LogP contribution in [0.5, 0.6) is 11.5 Å². The van der Waals surface area contributed by atoms with Crippen LogP contribution in [0.1, 0.15) is 31.2 Å². The summed E-state index contributed by atoms with van der Waals surface area (Å²) in [7, 11) is 0. The number of likely N-dealkylation sites (tertiary alicyclic amines) is 1. The number of piperidine rings is 1. The first-order chi connectivity index (χ1) is 15.3. The molecule has 168 valence electrons. The Kier molecular flexibility index (Phi) is 5.09. The van der Waals surface area contributed by atoms with E-state index < -0.39 is 6.29 Å². The van der Waals surface area contributed by atoms with Gasteiger partial charge in [-0.25, -0.2) is 4.98 Å². The lowest BCUT2D eigenvalue weighted by molar-refractivity contribution is -0.605. The van der Waals surface area contributed by atoms with Crippen LogP contribution >= 0.6 is 11.3 Å². The number of thiazole rings is 1. The molecule has 1 amide bonds. The van der Waals surface area contributed by atoms with E-state index in [2.05, 4.69) is 24.7 Å². The fraction of sp³-hybridized carbons (Fsp3) is 0.381. The normalized spacial score (nSPS) is 20.9. The zero-order valence-corrected chi connectivity index (χ0v) is 17.9. The number of alkyl halides is 2. The first-order valence-corrected chi connectivity index (χ1v) is 11.0. The number of pyridine rings is 1. The number of hydrogen-bond acceptors (Lipinski definition) is 7. The minimum Gasteiger partial charge on any atom is -0.619 e. The van der Waals surface area contributed by atoms with Crippen molar-refractivity contribution in [2.24, 2.45) is 0 Å². The van der Waals surface area contributed by atoms with Crippen molar-refractivity contribution in [2.45, 2.75) is 38.0 Å². The van der Waals surface area contributed by atoms with Gasteiger partial charge >= 0.3 is 6.29 Å². The van der Waals surface area contributed by atoms with Gasteiger partial charge in [-0.3, -0.25) is 9.69 Å². The number of benzene rings is 1. The maximum Gasteiger partial charge on any atom is 0.586 e. The summed E-state index contributed by atoms with van der Waals surface area (Å²) in [6.45, 7) is 3.36. The van der Waals surface area contributed by atoms with Crippen LogP contribution in [-0.2, 0) is 4.79 Å². The lowest BCUT2D eigenvalue weighted by atomic mass is 9.90. The molecular weight excluding hydrogens is 442 g/mol. The second kappa shape index (κ2) is 7.82. The number of carbonyl (C=O) groups excluding carboxylic acids is 1. The maximum atomic E-state index is 13.2. The van der Waals surface area contributed by atoms with Crippen LogP contribution in [-0.4, -0.2) is 41.2 Å². The van der Waals surface area contributed by atoms with E-state index >= 15 is 0 Å². The average Bonchev–Trinajstić information content (AvgIpc) is 3.28. The minimum absolute atomic E-state index is 0.0554. The standard InChI is InChI=1S/C21H20F2N4O4S/c1-12(26-6-2-3-14(11-26)13-4-7-27(29)8-5-13)19(28)25-20-24-15-9-16-17(10-18(15)32-20)31-21(22,23)30-16/h4-5,7-10,12,14H,2-3,6,11H2,1H3,(H,24,25,28)/t12-,14?/m0/s1. The van der Waals surface area contributed by atoms with Crippen molar-refractivity contribution in [3.63, 3.8) is 0 Å². The van der Waals surface area contributed by atoms with Crippen LogP contribution in [0.3, 0.4) is 0 Å². The summed E-state index contributed by atoms with van der Waals surface area (Å²) in [4.78, 5) is 19.3. The van der Waals surface area contributed by atoms with Crippen molar-refractivity contribution >= 4 is 32.6 Å². The summed E-state index contributed by atoms with van der Waals surface area (Å²) in [5, 5.41) is 14.5. The lowest BCUT2D eigenvalue weighted by Crippen LogP contribution is -2.46. The minimum atomic E-state index is -3.68. The molecule has 0 spiro atoms. The van der Waals surface area contributed by atoms with Gasteiger partial charge in [-0.15, -0.1) is 8.78 Å². The Morgan fingerprint density at radius 3 is 2.81 bits per heavy atom. The Morgan fingerprint density at radius 2 is 2.06 bits per heavy atom. The zero-order chi connectivity index (χ0) is 22.5. The van der Waals surface area contributed by atoms with Gasteiger partial charge in [0.1, 0.15) is 0 Å². The Bertz CT molecular complexity index is 1130. The molecule has 2 aromatic heterocycles. The molecule has 32 heavy (non-hydrogen) atoms.